The molecule has 11 nitrogen and oxygen atoms in total. The van der Waals surface area contributed by atoms with Gasteiger partial charge in [-0.15, -0.1) is 22.7 Å². The van der Waals surface area contributed by atoms with Crippen molar-refractivity contribution in [3.8, 4) is 16.2 Å². The summed E-state index contributed by atoms with van der Waals surface area (Å²) < 4.78 is 5.33. The molecule has 0 saturated carbocycles. The lowest BCUT2D eigenvalue weighted by Crippen LogP contribution is -2.49. The van der Waals surface area contributed by atoms with Crippen LogP contribution < -0.4 is 10.7 Å². The second kappa shape index (κ2) is 17.2. The van der Waals surface area contributed by atoms with Crippen molar-refractivity contribution in [2.75, 3.05) is 52.5 Å². The first-order valence-electron chi connectivity index (χ1n) is 15.4. The summed E-state index contributed by atoms with van der Waals surface area (Å²) in [6.45, 7) is 6.37. The third-order valence-electron chi connectivity index (χ3n) is 7.82. The van der Waals surface area contributed by atoms with E-state index >= 15 is 0 Å². The van der Waals surface area contributed by atoms with E-state index in [9.17, 15) is 19.5 Å². The number of aromatic hydroxyl groups is 1. The largest absolute Gasteiger partial charge is 0.506 e. The fourth-order valence-corrected chi connectivity index (χ4v) is 7.15. The number of aliphatic hydroxyl groups excluding tert-OH is 1. The van der Waals surface area contributed by atoms with Gasteiger partial charge in [-0.25, -0.2) is 5.43 Å². The second-order valence-corrected chi connectivity index (χ2v) is 13.9. The van der Waals surface area contributed by atoms with Gasteiger partial charge in [-0.05, 0) is 54.4 Å². The van der Waals surface area contributed by atoms with Gasteiger partial charge < -0.3 is 25.2 Å². The van der Waals surface area contributed by atoms with Crippen LogP contribution >= 0.6 is 45.9 Å². The molecule has 0 atom stereocenters. The van der Waals surface area contributed by atoms with Gasteiger partial charge in [0.25, 0.3) is 17.7 Å². The number of ether oxygens (including phenoxy) is 1. The number of nitrogens with one attached hydrogen (secondary N) is 2. The minimum absolute atomic E-state index is 0.0111. The van der Waals surface area contributed by atoms with Crippen LogP contribution in [0.4, 0.5) is 0 Å². The summed E-state index contributed by atoms with van der Waals surface area (Å²) in [4.78, 5) is 43.9. The third-order valence-corrected chi connectivity index (χ3v) is 10.7. The Morgan fingerprint density at radius 3 is 2.35 bits per heavy atom. The Kier molecular flexibility index (Phi) is 12.8. The highest BCUT2D eigenvalue weighted by Gasteiger charge is 2.22. The van der Waals surface area contributed by atoms with Crippen molar-refractivity contribution in [1.29, 1.82) is 0 Å². The molecule has 4 aromatic rings. The summed E-state index contributed by atoms with van der Waals surface area (Å²) in [5, 5.41) is 29.1. The number of piperazine rings is 1. The third kappa shape index (κ3) is 9.45. The zero-order valence-corrected chi connectivity index (χ0v) is 29.7. The molecular formula is C34H35Cl2N5O6S2. The summed E-state index contributed by atoms with van der Waals surface area (Å²) in [5.41, 5.74) is 5.47. The van der Waals surface area contributed by atoms with E-state index in [1.165, 1.54) is 11.3 Å². The number of halogens is 2. The fraction of sp³-hybridized carbons (Fsp3) is 0.294. The van der Waals surface area contributed by atoms with Gasteiger partial charge in [0.2, 0.25) is 0 Å². The maximum atomic E-state index is 13.0. The molecule has 0 bridgehead atoms. The number of rotatable bonds is 13. The lowest BCUT2D eigenvalue weighted by molar-refractivity contribution is 0.0486. The number of amides is 3. The van der Waals surface area contributed by atoms with Crippen LogP contribution in [0.3, 0.4) is 0 Å². The number of thiophene rings is 2. The van der Waals surface area contributed by atoms with Gasteiger partial charge in [0.05, 0.1) is 55.8 Å². The summed E-state index contributed by atoms with van der Waals surface area (Å²) in [5.74, 6) is -0.837. The predicted molar refractivity (Wildman–Crippen MR) is 193 cm³/mol. The Labute approximate surface area is 301 Å². The number of hydrogen-bond acceptors (Lipinski definition) is 10. The van der Waals surface area contributed by atoms with E-state index in [2.05, 4.69) is 20.7 Å². The molecule has 0 spiro atoms. The minimum atomic E-state index is -0.489. The molecule has 1 saturated heterocycles. The first-order valence-corrected chi connectivity index (χ1v) is 17.9. The maximum Gasteiger partial charge on any atom is 0.281 e. The van der Waals surface area contributed by atoms with Gasteiger partial charge in [-0.3, -0.25) is 19.3 Å². The SMILES string of the molecule is C/C(=N\NC(=O)c1ccc(C(=O)NCc2ccc(C(=O)N3CCN(CCOCCO)CC3)cc2)s1)c1csc(-c2ccc(Cl)c(Cl)c2)c1O. The normalized spacial score (nSPS) is 13.8. The Bertz CT molecular complexity index is 1820. The molecule has 1 fully saturated rings. The standard InChI is InChI=1S/C34H35Cl2N5O6S2/c1-21(25-20-48-31(30(25)43)24-6-7-26(35)27(36)18-24)38-39-33(45)29-9-8-28(49-29)32(44)37-19-22-2-4-23(5-3-22)34(46)41-12-10-40(11-13-41)14-16-47-17-15-42/h2-9,18,20,42-43H,10-17,19H2,1H3,(H,37,44)(H,39,45)/b38-21+. The minimum Gasteiger partial charge on any atom is -0.506 e. The molecule has 0 aliphatic carbocycles. The molecular weight excluding hydrogens is 709 g/mol. The van der Waals surface area contributed by atoms with E-state index < -0.39 is 5.91 Å². The molecule has 15 heteroatoms. The predicted octanol–water partition coefficient (Wildman–Crippen LogP) is 5.34. The maximum absolute atomic E-state index is 13.0. The summed E-state index contributed by atoms with van der Waals surface area (Å²) in [7, 11) is 0. The number of nitrogens with zero attached hydrogens (tertiary/aromatic N) is 3. The van der Waals surface area contributed by atoms with Crippen molar-refractivity contribution in [2.45, 2.75) is 13.5 Å². The first-order chi connectivity index (χ1) is 23.6. The smallest absolute Gasteiger partial charge is 0.281 e. The zero-order chi connectivity index (χ0) is 34.9. The Balaban J connectivity index is 1.08. The quantitative estimate of drug-likeness (QED) is 0.0823. The van der Waals surface area contributed by atoms with Crippen LogP contribution in [0.25, 0.3) is 10.4 Å². The summed E-state index contributed by atoms with van der Waals surface area (Å²) in [6, 6.07) is 15.4. The number of aliphatic hydroxyl groups is 1. The van der Waals surface area contributed by atoms with E-state index in [0.717, 1.165) is 36.5 Å². The van der Waals surface area contributed by atoms with E-state index in [1.54, 1.807) is 54.8 Å². The van der Waals surface area contributed by atoms with Crippen molar-refractivity contribution >= 4 is 69.3 Å². The molecule has 5 rings (SSSR count). The molecule has 0 unspecified atom stereocenters. The number of hydrogen-bond donors (Lipinski definition) is 4. The molecule has 49 heavy (non-hydrogen) atoms. The monoisotopic (exact) mass is 743 g/mol. The van der Waals surface area contributed by atoms with Crippen LogP contribution in [-0.2, 0) is 11.3 Å². The lowest BCUT2D eigenvalue weighted by atomic mass is 10.1. The second-order valence-electron chi connectivity index (χ2n) is 11.1. The number of benzene rings is 2. The van der Waals surface area contributed by atoms with E-state index in [4.69, 9.17) is 33.0 Å². The van der Waals surface area contributed by atoms with E-state index in [0.29, 0.717) is 73.4 Å². The van der Waals surface area contributed by atoms with Gasteiger partial charge in [-0.1, -0.05) is 41.4 Å². The Morgan fingerprint density at radius 1 is 0.939 bits per heavy atom. The van der Waals surface area contributed by atoms with Crippen molar-refractivity contribution in [3.63, 3.8) is 0 Å². The highest BCUT2D eigenvalue weighted by Crippen LogP contribution is 2.40. The van der Waals surface area contributed by atoms with Gasteiger partial charge in [0.1, 0.15) is 5.75 Å². The van der Waals surface area contributed by atoms with Crippen LogP contribution in [0.2, 0.25) is 10.0 Å². The van der Waals surface area contributed by atoms with Crippen LogP contribution in [0, 0.1) is 0 Å². The molecule has 2 aromatic carbocycles. The van der Waals surface area contributed by atoms with Crippen LogP contribution in [-0.4, -0.2) is 96.0 Å². The van der Waals surface area contributed by atoms with Crippen LogP contribution in [0.15, 0.2) is 65.1 Å². The number of carbonyl (C=O) groups is 3. The summed E-state index contributed by atoms with van der Waals surface area (Å²) in [6.07, 6.45) is 0. The zero-order valence-electron chi connectivity index (χ0n) is 26.6. The van der Waals surface area contributed by atoms with Gasteiger partial charge in [0, 0.05) is 50.2 Å². The van der Waals surface area contributed by atoms with Gasteiger partial charge in [-0.2, -0.15) is 5.10 Å². The summed E-state index contributed by atoms with van der Waals surface area (Å²) >= 11 is 14.5. The van der Waals surface area contributed by atoms with Gasteiger partial charge >= 0.3 is 0 Å². The molecule has 0 radical (unpaired) electrons. The number of hydrazone groups is 1. The topological polar surface area (TPSA) is 144 Å². The highest BCUT2D eigenvalue weighted by atomic mass is 35.5. The van der Waals surface area contributed by atoms with Crippen molar-refractivity contribution in [2.24, 2.45) is 5.10 Å². The molecule has 2 aromatic heterocycles. The van der Waals surface area contributed by atoms with E-state index in [1.807, 2.05) is 17.0 Å². The van der Waals surface area contributed by atoms with Crippen LogP contribution in [0.5, 0.6) is 5.75 Å². The fourth-order valence-electron chi connectivity index (χ4n) is 5.03. The molecule has 4 N–H and O–H groups in total. The van der Waals surface area contributed by atoms with Crippen molar-refractivity contribution in [1.82, 2.24) is 20.5 Å². The van der Waals surface area contributed by atoms with Gasteiger partial charge in [0.15, 0.2) is 0 Å². The average Bonchev–Trinajstić information content (AvgIpc) is 3.77. The molecule has 3 amide bonds. The van der Waals surface area contributed by atoms with Crippen molar-refractivity contribution in [3.05, 3.63) is 96.5 Å². The molecule has 3 heterocycles. The first kappa shape index (κ1) is 36.5. The molecule has 1 aliphatic rings. The Hall–Kier alpha value is -3.82. The van der Waals surface area contributed by atoms with Crippen molar-refractivity contribution < 1.29 is 29.3 Å². The highest BCUT2D eigenvalue weighted by molar-refractivity contribution is 7.16. The van der Waals surface area contributed by atoms with Crippen LogP contribution in [0.1, 0.15) is 47.8 Å². The molecule has 258 valence electrons. The molecule has 1 aliphatic heterocycles. The number of carbonyl (C=O) groups excluding carboxylic acids is 3. The Morgan fingerprint density at radius 2 is 1.65 bits per heavy atom. The average molecular weight is 745 g/mol. The van der Waals surface area contributed by atoms with E-state index in [-0.39, 0.29) is 30.7 Å². The lowest BCUT2D eigenvalue weighted by Gasteiger charge is -2.34.